The lowest BCUT2D eigenvalue weighted by molar-refractivity contribution is 0.577. The van der Waals surface area contributed by atoms with Crippen molar-refractivity contribution >= 4 is 11.3 Å². The average molecular weight is 215 g/mol. The molecule has 3 rings (SSSR count). The van der Waals surface area contributed by atoms with E-state index in [-0.39, 0.29) is 0 Å². The zero-order valence-electron chi connectivity index (χ0n) is 7.77. The van der Waals surface area contributed by atoms with Crippen molar-refractivity contribution in [1.29, 1.82) is 0 Å². The minimum Gasteiger partial charge on any atom is -0.464 e. The minimum atomic E-state index is 0.846. The van der Waals surface area contributed by atoms with Crippen molar-refractivity contribution in [3.63, 3.8) is 0 Å². The molecule has 0 aliphatic heterocycles. The molecule has 0 aromatic carbocycles. The molecule has 0 aliphatic carbocycles. The number of hydrogen-bond acceptors (Lipinski definition) is 3. The fourth-order valence-electron chi connectivity index (χ4n) is 1.47. The second-order valence-electron chi connectivity index (χ2n) is 3.06. The van der Waals surface area contributed by atoms with Crippen LogP contribution in [-0.4, -0.2) is 0 Å². The van der Waals surface area contributed by atoms with Gasteiger partial charge in [-0.3, -0.25) is 0 Å². The first kappa shape index (κ1) is 8.56. The fraction of sp³-hybridized carbons (Fsp3) is 0. The second kappa shape index (κ2) is 3.44. The molecule has 3 heteroatoms. The predicted octanol–water partition coefficient (Wildman–Crippen LogP) is 4.07. The van der Waals surface area contributed by atoms with Gasteiger partial charge in [-0.15, -0.1) is 11.3 Å². The van der Waals surface area contributed by atoms with Gasteiger partial charge in [0, 0.05) is 10.9 Å². The highest BCUT2D eigenvalue weighted by Crippen LogP contribution is 2.36. The lowest BCUT2D eigenvalue weighted by Gasteiger charge is -1.96. The Bertz CT molecular complexity index is 483. The lowest BCUT2D eigenvalue weighted by Crippen LogP contribution is -1.72. The van der Waals surface area contributed by atoms with Crippen LogP contribution in [0, 0.1) is 5.38 Å². The molecular weight excluding hydrogens is 208 g/mol. The van der Waals surface area contributed by atoms with Gasteiger partial charge in [0.1, 0.15) is 11.5 Å². The third-order valence-corrected chi connectivity index (χ3v) is 3.00. The summed E-state index contributed by atoms with van der Waals surface area (Å²) in [5.41, 5.74) is 1.03. The third-order valence-electron chi connectivity index (χ3n) is 2.14. The normalized spacial score (nSPS) is 10.7. The van der Waals surface area contributed by atoms with Crippen LogP contribution in [0.5, 0.6) is 0 Å². The maximum atomic E-state index is 5.37. The molecule has 0 aliphatic rings. The van der Waals surface area contributed by atoms with E-state index in [1.54, 1.807) is 12.5 Å². The molecule has 3 aromatic rings. The molecule has 0 fully saturated rings. The summed E-state index contributed by atoms with van der Waals surface area (Å²) in [5.74, 6) is 1.70. The van der Waals surface area contributed by atoms with E-state index >= 15 is 0 Å². The molecule has 3 heterocycles. The van der Waals surface area contributed by atoms with Gasteiger partial charge in [-0.25, -0.2) is 0 Å². The highest BCUT2D eigenvalue weighted by atomic mass is 32.1. The van der Waals surface area contributed by atoms with E-state index in [2.05, 4.69) is 5.38 Å². The van der Waals surface area contributed by atoms with Gasteiger partial charge >= 0.3 is 0 Å². The van der Waals surface area contributed by atoms with Crippen LogP contribution in [0.1, 0.15) is 0 Å². The standard InChI is InChI=1S/C12H7O2S/c1-3-10(13-6-1)9-5-8-15-12(9)11-4-2-7-14-11/h1-7H. The summed E-state index contributed by atoms with van der Waals surface area (Å²) in [5, 5.41) is 3.10. The summed E-state index contributed by atoms with van der Waals surface area (Å²) in [6, 6.07) is 9.54. The average Bonchev–Trinajstić information content (AvgIpc) is 3.01. The summed E-state index contributed by atoms with van der Waals surface area (Å²) < 4.78 is 10.7. The van der Waals surface area contributed by atoms with Gasteiger partial charge in [-0.2, -0.15) is 0 Å². The van der Waals surface area contributed by atoms with Crippen LogP contribution >= 0.6 is 11.3 Å². The molecule has 0 amide bonds. The first-order chi connectivity index (χ1) is 7.45. The number of thiophene rings is 1. The predicted molar refractivity (Wildman–Crippen MR) is 58.6 cm³/mol. The molecule has 0 spiro atoms. The topological polar surface area (TPSA) is 26.3 Å². The second-order valence-corrected chi connectivity index (χ2v) is 3.91. The summed E-state index contributed by atoms with van der Waals surface area (Å²) in [4.78, 5) is 1.05. The Kier molecular flexibility index (Phi) is 1.96. The summed E-state index contributed by atoms with van der Waals surface area (Å²) >= 11 is 1.53. The summed E-state index contributed by atoms with van der Waals surface area (Å²) in [7, 11) is 0. The van der Waals surface area contributed by atoms with E-state index in [1.807, 2.05) is 30.3 Å². The van der Waals surface area contributed by atoms with Crippen molar-refractivity contribution in [1.82, 2.24) is 0 Å². The highest BCUT2D eigenvalue weighted by Gasteiger charge is 2.12. The Morgan fingerprint density at radius 2 is 1.73 bits per heavy atom. The first-order valence-electron chi connectivity index (χ1n) is 4.53. The molecule has 3 aromatic heterocycles. The van der Waals surface area contributed by atoms with E-state index in [4.69, 9.17) is 8.83 Å². The van der Waals surface area contributed by atoms with E-state index in [0.717, 1.165) is 22.0 Å². The highest BCUT2D eigenvalue weighted by molar-refractivity contribution is 7.13. The van der Waals surface area contributed by atoms with Gasteiger partial charge < -0.3 is 8.83 Å². The van der Waals surface area contributed by atoms with Crippen molar-refractivity contribution < 1.29 is 8.83 Å². The van der Waals surface area contributed by atoms with Crippen LogP contribution in [0.15, 0.2) is 51.7 Å². The van der Waals surface area contributed by atoms with Crippen LogP contribution in [0.3, 0.4) is 0 Å². The van der Waals surface area contributed by atoms with E-state index in [9.17, 15) is 0 Å². The fourth-order valence-corrected chi connectivity index (χ4v) is 2.25. The molecular formula is C12H7O2S. The largest absolute Gasteiger partial charge is 0.464 e. The maximum Gasteiger partial charge on any atom is 0.144 e. The number of hydrogen-bond donors (Lipinski definition) is 0. The van der Waals surface area contributed by atoms with E-state index in [1.165, 1.54) is 11.3 Å². The Balaban J connectivity index is 2.15. The van der Waals surface area contributed by atoms with Gasteiger partial charge in [0.2, 0.25) is 0 Å². The third kappa shape index (κ3) is 1.41. The van der Waals surface area contributed by atoms with Gasteiger partial charge in [0.05, 0.1) is 17.4 Å². The Morgan fingerprint density at radius 1 is 1.00 bits per heavy atom. The first-order valence-corrected chi connectivity index (χ1v) is 5.34. The zero-order valence-corrected chi connectivity index (χ0v) is 8.58. The molecule has 1 radical (unpaired) electrons. The van der Waals surface area contributed by atoms with Crippen molar-refractivity contribution in [2.75, 3.05) is 0 Å². The SMILES string of the molecule is [c]1cc(-c2ccco2)c(-c2ccco2)s1. The van der Waals surface area contributed by atoms with Crippen LogP contribution < -0.4 is 0 Å². The quantitative estimate of drug-likeness (QED) is 0.644. The maximum absolute atomic E-state index is 5.37. The monoisotopic (exact) mass is 215 g/mol. The van der Waals surface area contributed by atoms with Gasteiger partial charge in [0.25, 0.3) is 0 Å². The molecule has 0 atom stereocenters. The van der Waals surface area contributed by atoms with E-state index in [0.29, 0.717) is 0 Å². The Morgan fingerprint density at radius 3 is 2.40 bits per heavy atom. The summed E-state index contributed by atoms with van der Waals surface area (Å²) in [6.45, 7) is 0. The van der Waals surface area contributed by atoms with Gasteiger partial charge in [0.15, 0.2) is 0 Å². The molecule has 0 saturated heterocycles. The van der Waals surface area contributed by atoms with Crippen molar-refractivity contribution in [3.05, 3.63) is 48.2 Å². The molecule has 15 heavy (non-hydrogen) atoms. The molecule has 73 valence electrons. The van der Waals surface area contributed by atoms with Crippen LogP contribution in [0.4, 0.5) is 0 Å². The Labute approximate surface area is 90.8 Å². The number of rotatable bonds is 2. The van der Waals surface area contributed by atoms with Crippen LogP contribution in [-0.2, 0) is 0 Å². The molecule has 0 N–H and O–H groups in total. The van der Waals surface area contributed by atoms with Crippen LogP contribution in [0.25, 0.3) is 22.0 Å². The summed E-state index contributed by atoms with van der Waals surface area (Å²) in [6.07, 6.45) is 3.33. The molecule has 2 nitrogen and oxygen atoms in total. The zero-order chi connectivity index (χ0) is 10.1. The number of furan rings is 2. The smallest absolute Gasteiger partial charge is 0.144 e. The van der Waals surface area contributed by atoms with Crippen molar-refractivity contribution in [2.45, 2.75) is 0 Å². The van der Waals surface area contributed by atoms with Crippen molar-refractivity contribution in [2.24, 2.45) is 0 Å². The van der Waals surface area contributed by atoms with Gasteiger partial charge in [-0.1, -0.05) is 0 Å². The molecule has 0 bridgehead atoms. The van der Waals surface area contributed by atoms with Gasteiger partial charge in [-0.05, 0) is 30.3 Å². The van der Waals surface area contributed by atoms with Crippen molar-refractivity contribution in [3.8, 4) is 22.0 Å². The minimum absolute atomic E-state index is 0.846. The Hall–Kier alpha value is -1.74. The molecule has 0 unspecified atom stereocenters. The molecule has 0 saturated carbocycles. The van der Waals surface area contributed by atoms with E-state index < -0.39 is 0 Å². The van der Waals surface area contributed by atoms with Crippen LogP contribution in [0.2, 0.25) is 0 Å². The lowest BCUT2D eigenvalue weighted by atomic mass is 10.2.